The lowest BCUT2D eigenvalue weighted by molar-refractivity contribution is 0.223. The summed E-state index contributed by atoms with van der Waals surface area (Å²) in [5.74, 6) is 2.34. The van der Waals surface area contributed by atoms with Gasteiger partial charge in [-0.2, -0.15) is 8.42 Å². The first-order valence-corrected chi connectivity index (χ1v) is 11.1. The first kappa shape index (κ1) is 18.6. The van der Waals surface area contributed by atoms with Crippen LogP contribution in [0.25, 0.3) is 0 Å². The molecule has 0 aromatic carbocycles. The molecule has 0 aliphatic rings. The number of hydrogen-bond acceptors (Lipinski definition) is 4. The van der Waals surface area contributed by atoms with Crippen molar-refractivity contribution in [3.05, 3.63) is 0 Å². The van der Waals surface area contributed by atoms with Gasteiger partial charge in [0.2, 0.25) is 0 Å². The zero-order chi connectivity index (χ0) is 15.3. The summed E-state index contributed by atoms with van der Waals surface area (Å²) in [5.41, 5.74) is 0. The summed E-state index contributed by atoms with van der Waals surface area (Å²) in [5, 5.41) is 0.168. The largest absolute Gasteiger partial charge is 0.417 e. The van der Waals surface area contributed by atoms with Crippen molar-refractivity contribution in [2.24, 2.45) is 0 Å². The SMILES string of the molecule is C#CC(CCCO[Si](C)(C)C(C)(C)C)OS(C)(=O)=O. The van der Waals surface area contributed by atoms with E-state index in [4.69, 9.17) is 15.0 Å². The van der Waals surface area contributed by atoms with Crippen molar-refractivity contribution < 1.29 is 17.0 Å². The molecule has 0 bridgehead atoms. The molecule has 0 aliphatic carbocycles. The van der Waals surface area contributed by atoms with Gasteiger partial charge < -0.3 is 4.43 Å². The van der Waals surface area contributed by atoms with E-state index >= 15 is 0 Å². The van der Waals surface area contributed by atoms with Crippen molar-refractivity contribution in [2.45, 2.75) is 57.8 Å². The van der Waals surface area contributed by atoms with Crippen LogP contribution >= 0.6 is 0 Å². The molecule has 19 heavy (non-hydrogen) atoms. The van der Waals surface area contributed by atoms with Crippen LogP contribution < -0.4 is 0 Å². The molecule has 1 atom stereocenters. The Bertz CT molecular complexity index is 415. The van der Waals surface area contributed by atoms with Gasteiger partial charge in [0.15, 0.2) is 8.32 Å². The number of rotatable bonds is 7. The Morgan fingerprint density at radius 1 is 1.32 bits per heavy atom. The van der Waals surface area contributed by atoms with Crippen LogP contribution in [-0.4, -0.2) is 35.7 Å². The van der Waals surface area contributed by atoms with Gasteiger partial charge in [-0.05, 0) is 31.0 Å². The van der Waals surface area contributed by atoms with Gasteiger partial charge in [0.05, 0.1) is 6.26 Å². The van der Waals surface area contributed by atoms with Crippen LogP contribution in [0.1, 0.15) is 33.6 Å². The molecule has 0 saturated heterocycles. The van der Waals surface area contributed by atoms with Crippen LogP contribution in [0, 0.1) is 12.3 Å². The molecule has 0 aromatic rings. The maximum atomic E-state index is 11.0. The Kier molecular flexibility index (Phi) is 6.76. The third kappa shape index (κ3) is 7.73. The lowest BCUT2D eigenvalue weighted by Crippen LogP contribution is -2.41. The van der Waals surface area contributed by atoms with Crippen molar-refractivity contribution in [1.82, 2.24) is 0 Å². The average Bonchev–Trinajstić information content (AvgIpc) is 2.19. The Labute approximate surface area is 119 Å². The summed E-state index contributed by atoms with van der Waals surface area (Å²) in [4.78, 5) is 0. The van der Waals surface area contributed by atoms with Gasteiger partial charge in [0.1, 0.15) is 6.10 Å². The van der Waals surface area contributed by atoms with E-state index in [0.29, 0.717) is 19.4 Å². The molecule has 0 N–H and O–H groups in total. The van der Waals surface area contributed by atoms with Gasteiger partial charge in [-0.1, -0.05) is 26.7 Å². The summed E-state index contributed by atoms with van der Waals surface area (Å²) in [6.45, 7) is 11.5. The van der Waals surface area contributed by atoms with Gasteiger partial charge in [-0.3, -0.25) is 4.18 Å². The molecule has 0 aromatic heterocycles. The van der Waals surface area contributed by atoms with Crippen LogP contribution in [0.5, 0.6) is 0 Å². The molecular formula is C13H26O4SSi. The molecular weight excluding hydrogens is 280 g/mol. The van der Waals surface area contributed by atoms with Crippen molar-refractivity contribution in [3.63, 3.8) is 0 Å². The van der Waals surface area contributed by atoms with Crippen molar-refractivity contribution in [2.75, 3.05) is 12.9 Å². The lowest BCUT2D eigenvalue weighted by Gasteiger charge is -2.36. The van der Waals surface area contributed by atoms with Crippen LogP contribution in [0.4, 0.5) is 0 Å². The highest BCUT2D eigenvalue weighted by atomic mass is 32.2. The second-order valence-electron chi connectivity index (χ2n) is 6.21. The molecule has 1 unspecified atom stereocenters. The molecule has 4 nitrogen and oxygen atoms in total. The van der Waals surface area contributed by atoms with Crippen molar-refractivity contribution in [3.8, 4) is 12.3 Å². The highest BCUT2D eigenvalue weighted by Gasteiger charge is 2.36. The smallest absolute Gasteiger partial charge is 0.265 e. The van der Waals surface area contributed by atoms with E-state index in [1.165, 1.54) is 0 Å². The first-order valence-electron chi connectivity index (χ1n) is 6.37. The van der Waals surface area contributed by atoms with E-state index in [0.717, 1.165) is 6.26 Å². The van der Waals surface area contributed by atoms with Gasteiger partial charge >= 0.3 is 0 Å². The fourth-order valence-corrected chi connectivity index (χ4v) is 2.84. The molecule has 0 rings (SSSR count). The second kappa shape index (κ2) is 6.89. The summed E-state index contributed by atoms with van der Waals surface area (Å²) in [6, 6.07) is 0. The molecule has 0 aliphatic heterocycles. The highest BCUT2D eigenvalue weighted by molar-refractivity contribution is 7.86. The van der Waals surface area contributed by atoms with Gasteiger partial charge in [0, 0.05) is 6.61 Å². The number of hydrogen-bond donors (Lipinski definition) is 0. The molecule has 0 heterocycles. The van der Waals surface area contributed by atoms with E-state index in [1.807, 2.05) is 0 Å². The molecule has 0 amide bonds. The Morgan fingerprint density at radius 3 is 2.21 bits per heavy atom. The minimum absolute atomic E-state index is 0.168. The van der Waals surface area contributed by atoms with Crippen LogP contribution in [0.2, 0.25) is 18.1 Å². The minimum atomic E-state index is -3.50. The molecule has 0 spiro atoms. The third-order valence-electron chi connectivity index (χ3n) is 3.36. The average molecular weight is 307 g/mol. The monoisotopic (exact) mass is 306 g/mol. The van der Waals surface area contributed by atoms with E-state index in [2.05, 4.69) is 39.8 Å². The molecule has 0 radical (unpaired) electrons. The van der Waals surface area contributed by atoms with Crippen molar-refractivity contribution >= 4 is 18.4 Å². The minimum Gasteiger partial charge on any atom is -0.417 e. The molecule has 0 fully saturated rings. The standard InChI is InChI=1S/C13H26O4SSi/c1-8-12(17-18(5,14)15)10-9-11-16-19(6,7)13(2,3)4/h1,12H,9-11H2,2-7H3. The Balaban J connectivity index is 4.15. The maximum absolute atomic E-state index is 11.0. The van der Waals surface area contributed by atoms with Crippen LogP contribution in [-0.2, 0) is 18.7 Å². The van der Waals surface area contributed by atoms with Gasteiger partial charge in [-0.15, -0.1) is 6.42 Å². The van der Waals surface area contributed by atoms with E-state index in [1.54, 1.807) is 0 Å². The second-order valence-corrected chi connectivity index (χ2v) is 12.6. The van der Waals surface area contributed by atoms with Gasteiger partial charge in [-0.25, -0.2) is 0 Å². The quantitative estimate of drug-likeness (QED) is 0.314. The fourth-order valence-electron chi connectivity index (χ4n) is 1.18. The summed E-state index contributed by atoms with van der Waals surface area (Å²) < 4.78 is 32.7. The summed E-state index contributed by atoms with van der Waals surface area (Å²) in [7, 11) is -5.24. The van der Waals surface area contributed by atoms with E-state index < -0.39 is 24.5 Å². The lowest BCUT2D eigenvalue weighted by atomic mass is 10.2. The topological polar surface area (TPSA) is 52.6 Å². The zero-order valence-electron chi connectivity index (χ0n) is 12.8. The predicted octanol–water partition coefficient (Wildman–Crippen LogP) is 2.77. The maximum Gasteiger partial charge on any atom is 0.265 e. The fraction of sp³-hybridized carbons (Fsp3) is 0.846. The third-order valence-corrected chi connectivity index (χ3v) is 8.48. The number of terminal acetylenes is 1. The van der Waals surface area contributed by atoms with Gasteiger partial charge in [0.25, 0.3) is 10.1 Å². The summed E-state index contributed by atoms with van der Waals surface area (Å²) >= 11 is 0. The Morgan fingerprint density at radius 2 is 1.84 bits per heavy atom. The van der Waals surface area contributed by atoms with Crippen LogP contribution in [0.3, 0.4) is 0 Å². The summed E-state index contributed by atoms with van der Waals surface area (Å²) in [6.07, 6.45) is 6.73. The molecule has 6 heteroatoms. The zero-order valence-corrected chi connectivity index (χ0v) is 14.6. The molecule has 112 valence electrons. The van der Waals surface area contributed by atoms with E-state index in [9.17, 15) is 8.42 Å². The predicted molar refractivity (Wildman–Crippen MR) is 80.9 cm³/mol. The highest BCUT2D eigenvalue weighted by Crippen LogP contribution is 2.36. The van der Waals surface area contributed by atoms with Crippen LogP contribution in [0.15, 0.2) is 0 Å². The normalized spacial score (nSPS) is 15.0. The first-order chi connectivity index (χ1) is 8.39. The van der Waals surface area contributed by atoms with Crippen molar-refractivity contribution in [1.29, 1.82) is 0 Å². The Hall–Kier alpha value is -0.353. The molecule has 0 saturated carbocycles. The van der Waals surface area contributed by atoms with E-state index in [-0.39, 0.29) is 5.04 Å².